The van der Waals surface area contributed by atoms with Crippen molar-refractivity contribution in [3.8, 4) is 11.5 Å². The maximum absolute atomic E-state index is 13.0. The zero-order valence-electron chi connectivity index (χ0n) is 17.5. The smallest absolute Gasteiger partial charge is 0.270 e. The molecular weight excluding hydrogens is 412 g/mol. The highest BCUT2D eigenvalue weighted by atomic mass is 16.7. The predicted octanol–water partition coefficient (Wildman–Crippen LogP) is 2.22. The van der Waals surface area contributed by atoms with Gasteiger partial charge in [0.15, 0.2) is 11.5 Å². The molecule has 0 radical (unpaired) electrons. The molecule has 1 N–H and O–H groups in total. The van der Waals surface area contributed by atoms with Crippen molar-refractivity contribution < 1.29 is 19.1 Å². The first kappa shape index (κ1) is 20.0. The van der Waals surface area contributed by atoms with Crippen LogP contribution in [0, 0.1) is 12.8 Å². The summed E-state index contributed by atoms with van der Waals surface area (Å²) in [6, 6.07) is 8.88. The number of anilines is 1. The molecule has 2 aliphatic heterocycles. The minimum Gasteiger partial charge on any atom is -0.454 e. The number of aryl methyl sites for hydroxylation is 1. The Hall–Kier alpha value is -3.88. The van der Waals surface area contributed by atoms with Crippen molar-refractivity contribution in [1.29, 1.82) is 0 Å². The molecule has 2 aliphatic rings. The molecule has 32 heavy (non-hydrogen) atoms. The van der Waals surface area contributed by atoms with Gasteiger partial charge in [0.05, 0.1) is 0 Å². The number of aromatic nitrogens is 2. The molecule has 1 fully saturated rings. The van der Waals surface area contributed by atoms with E-state index in [9.17, 15) is 14.4 Å². The summed E-state index contributed by atoms with van der Waals surface area (Å²) in [5.41, 5.74) is 1.70. The second-order valence-corrected chi connectivity index (χ2v) is 8.04. The zero-order valence-corrected chi connectivity index (χ0v) is 17.5. The topological polar surface area (TPSA) is 102 Å². The van der Waals surface area contributed by atoms with Gasteiger partial charge in [-0.1, -0.05) is 6.07 Å². The molecule has 1 aromatic carbocycles. The molecule has 4 heterocycles. The highest BCUT2D eigenvalue weighted by Gasteiger charge is 2.29. The average Bonchev–Trinajstić information content (AvgIpc) is 3.27. The number of nitrogens with zero attached hydrogens (tertiary/aromatic N) is 3. The summed E-state index contributed by atoms with van der Waals surface area (Å²) < 4.78 is 12.0. The molecule has 0 unspecified atom stereocenters. The lowest BCUT2D eigenvalue weighted by atomic mass is 9.95. The summed E-state index contributed by atoms with van der Waals surface area (Å²) in [6.45, 7) is 2.84. The molecule has 9 heteroatoms. The van der Waals surface area contributed by atoms with Gasteiger partial charge in [-0.05, 0) is 43.5 Å². The van der Waals surface area contributed by atoms with E-state index in [1.165, 1.54) is 10.6 Å². The van der Waals surface area contributed by atoms with Gasteiger partial charge in [-0.25, -0.2) is 4.98 Å². The Bertz CT molecular complexity index is 1280. The van der Waals surface area contributed by atoms with Crippen LogP contribution in [0.3, 0.4) is 0 Å². The van der Waals surface area contributed by atoms with Crippen molar-refractivity contribution in [3.05, 3.63) is 64.2 Å². The van der Waals surface area contributed by atoms with Gasteiger partial charge in [-0.2, -0.15) is 0 Å². The van der Waals surface area contributed by atoms with Crippen LogP contribution in [0.15, 0.2) is 47.5 Å². The number of ether oxygens (including phenoxy) is 2. The standard InChI is InChI=1S/C23H22N4O5/c1-14-2-5-20-24-11-17(23(30)27(20)12-14)22(29)26-8-6-15(7-9-26)21(28)25-16-3-4-18-19(10-16)32-13-31-18/h2-5,10-12,15H,6-9,13H2,1H3,(H,25,28). The fourth-order valence-corrected chi connectivity index (χ4v) is 4.06. The summed E-state index contributed by atoms with van der Waals surface area (Å²) in [5, 5.41) is 2.91. The van der Waals surface area contributed by atoms with E-state index in [0.29, 0.717) is 48.8 Å². The summed E-state index contributed by atoms with van der Waals surface area (Å²) >= 11 is 0. The number of rotatable bonds is 3. The van der Waals surface area contributed by atoms with Crippen LogP contribution in [0.5, 0.6) is 11.5 Å². The highest BCUT2D eigenvalue weighted by Crippen LogP contribution is 2.34. The lowest BCUT2D eigenvalue weighted by molar-refractivity contribution is -0.121. The summed E-state index contributed by atoms with van der Waals surface area (Å²) in [4.78, 5) is 44.3. The quantitative estimate of drug-likeness (QED) is 0.678. The number of benzene rings is 1. The molecule has 2 amide bonds. The largest absolute Gasteiger partial charge is 0.454 e. The molecule has 164 valence electrons. The molecule has 3 aromatic rings. The first-order valence-electron chi connectivity index (χ1n) is 10.5. The Morgan fingerprint density at radius 1 is 1.09 bits per heavy atom. The Morgan fingerprint density at radius 3 is 2.69 bits per heavy atom. The van der Waals surface area contributed by atoms with Crippen LogP contribution in [0.4, 0.5) is 5.69 Å². The third-order valence-corrected chi connectivity index (χ3v) is 5.87. The summed E-state index contributed by atoms with van der Waals surface area (Å²) in [7, 11) is 0. The van der Waals surface area contributed by atoms with Crippen LogP contribution in [-0.2, 0) is 4.79 Å². The number of hydrogen-bond acceptors (Lipinski definition) is 6. The van der Waals surface area contributed by atoms with Crippen molar-refractivity contribution in [1.82, 2.24) is 14.3 Å². The molecule has 0 aliphatic carbocycles. The Morgan fingerprint density at radius 2 is 1.88 bits per heavy atom. The molecule has 1 saturated heterocycles. The van der Waals surface area contributed by atoms with Crippen LogP contribution in [-0.4, -0.2) is 46.0 Å². The fourth-order valence-electron chi connectivity index (χ4n) is 4.06. The minimum atomic E-state index is -0.383. The van der Waals surface area contributed by atoms with Crippen LogP contribution in [0.1, 0.15) is 28.8 Å². The van der Waals surface area contributed by atoms with Crippen LogP contribution < -0.4 is 20.3 Å². The van der Waals surface area contributed by atoms with E-state index in [1.807, 2.05) is 13.0 Å². The number of carbonyl (C=O) groups is 2. The first-order chi connectivity index (χ1) is 15.5. The SMILES string of the molecule is Cc1ccc2ncc(C(=O)N3CCC(C(=O)Nc4ccc5c(c4)OCO5)CC3)c(=O)n2c1. The van der Waals surface area contributed by atoms with Crippen molar-refractivity contribution in [2.75, 3.05) is 25.2 Å². The number of carbonyl (C=O) groups excluding carboxylic acids is 2. The van der Waals surface area contributed by atoms with Gasteiger partial charge in [0.1, 0.15) is 11.2 Å². The van der Waals surface area contributed by atoms with Crippen molar-refractivity contribution in [2.24, 2.45) is 5.92 Å². The molecule has 5 rings (SSSR count). The van der Waals surface area contributed by atoms with Crippen LogP contribution in [0.25, 0.3) is 5.65 Å². The second kappa shape index (κ2) is 7.99. The Balaban J connectivity index is 1.24. The fraction of sp³-hybridized carbons (Fsp3) is 0.304. The van der Waals surface area contributed by atoms with E-state index in [2.05, 4.69) is 10.3 Å². The Kier molecular flexibility index (Phi) is 5.01. The molecule has 0 atom stereocenters. The van der Waals surface area contributed by atoms with Crippen molar-refractivity contribution in [3.63, 3.8) is 0 Å². The number of amides is 2. The maximum atomic E-state index is 13.0. The monoisotopic (exact) mass is 434 g/mol. The third-order valence-electron chi connectivity index (χ3n) is 5.87. The zero-order chi connectivity index (χ0) is 22.2. The minimum absolute atomic E-state index is 0.0383. The van der Waals surface area contributed by atoms with Gasteiger partial charge in [0.25, 0.3) is 11.5 Å². The molecular formula is C23H22N4O5. The Labute approximate surface area is 183 Å². The molecule has 9 nitrogen and oxygen atoms in total. The van der Waals surface area contributed by atoms with Gasteiger partial charge < -0.3 is 19.7 Å². The van der Waals surface area contributed by atoms with E-state index >= 15 is 0 Å². The number of hydrogen-bond donors (Lipinski definition) is 1. The van der Waals surface area contributed by atoms with Crippen LogP contribution >= 0.6 is 0 Å². The average molecular weight is 434 g/mol. The van der Waals surface area contributed by atoms with E-state index in [0.717, 1.165) is 5.56 Å². The molecule has 2 aromatic heterocycles. The summed E-state index contributed by atoms with van der Waals surface area (Å²) in [6.07, 6.45) is 4.05. The van der Waals surface area contributed by atoms with E-state index in [1.54, 1.807) is 35.4 Å². The predicted molar refractivity (Wildman–Crippen MR) is 116 cm³/mol. The lowest BCUT2D eigenvalue weighted by Gasteiger charge is -2.31. The third kappa shape index (κ3) is 3.66. The highest BCUT2D eigenvalue weighted by molar-refractivity contribution is 5.95. The number of pyridine rings is 1. The molecule has 0 spiro atoms. The van der Waals surface area contributed by atoms with E-state index in [4.69, 9.17) is 9.47 Å². The normalized spacial score (nSPS) is 15.7. The summed E-state index contributed by atoms with van der Waals surface area (Å²) in [5.74, 6) is 0.590. The second-order valence-electron chi connectivity index (χ2n) is 8.04. The van der Waals surface area contributed by atoms with E-state index < -0.39 is 0 Å². The van der Waals surface area contributed by atoms with Gasteiger partial charge in [0.2, 0.25) is 12.7 Å². The number of fused-ring (bicyclic) bond motifs is 2. The number of likely N-dealkylation sites (tertiary alicyclic amines) is 1. The molecule has 0 bridgehead atoms. The lowest BCUT2D eigenvalue weighted by Crippen LogP contribution is -2.43. The van der Waals surface area contributed by atoms with Gasteiger partial charge >= 0.3 is 0 Å². The maximum Gasteiger partial charge on any atom is 0.270 e. The number of nitrogens with one attached hydrogen (secondary N) is 1. The first-order valence-corrected chi connectivity index (χ1v) is 10.5. The number of piperidine rings is 1. The van der Waals surface area contributed by atoms with Crippen LogP contribution in [0.2, 0.25) is 0 Å². The van der Waals surface area contributed by atoms with Gasteiger partial charge in [-0.15, -0.1) is 0 Å². The van der Waals surface area contributed by atoms with Crippen molar-refractivity contribution in [2.45, 2.75) is 19.8 Å². The van der Waals surface area contributed by atoms with E-state index in [-0.39, 0.29) is 35.6 Å². The van der Waals surface area contributed by atoms with Gasteiger partial charge in [0, 0.05) is 43.2 Å². The van der Waals surface area contributed by atoms with Gasteiger partial charge in [-0.3, -0.25) is 18.8 Å². The molecule has 0 saturated carbocycles. The van der Waals surface area contributed by atoms with Crippen molar-refractivity contribution >= 4 is 23.1 Å².